The van der Waals surface area contributed by atoms with Crippen LogP contribution in [0.2, 0.25) is 0 Å². The molecule has 0 heterocycles. The van der Waals surface area contributed by atoms with Crippen molar-refractivity contribution in [3.8, 4) is 22.6 Å². The van der Waals surface area contributed by atoms with Gasteiger partial charge in [-0.1, -0.05) is 50.1 Å². The Morgan fingerprint density at radius 1 is 1.00 bits per heavy atom. The fraction of sp³-hybridized carbons (Fsp3) is 0.400. The maximum Gasteiger partial charge on any atom is 0.330 e. The summed E-state index contributed by atoms with van der Waals surface area (Å²) in [5.41, 5.74) is 3.40. The third-order valence-corrected chi connectivity index (χ3v) is 5.36. The molecule has 160 valence electrons. The number of carbonyl (C=O) groups excluding carboxylic acids is 1. The zero-order valence-corrected chi connectivity index (χ0v) is 17.3. The normalized spacial score (nSPS) is 14.2. The van der Waals surface area contributed by atoms with Crippen LogP contribution in [0.25, 0.3) is 11.1 Å². The standard InChI is InChI=1S/C25H30O5/c1-2-25(27)30-17-16-29-24-18-22(28-15-14-26)12-13-23(24)21-10-8-20(9-11-21)19-6-4-3-5-7-19/h2,8-13,18-19,26H,1,3-7,14-17H2. The van der Waals surface area contributed by atoms with Crippen LogP contribution in [0.1, 0.15) is 43.6 Å². The van der Waals surface area contributed by atoms with Crippen molar-refractivity contribution in [2.45, 2.75) is 38.0 Å². The molecule has 3 rings (SSSR count). The van der Waals surface area contributed by atoms with Crippen LogP contribution in [-0.4, -0.2) is 37.5 Å². The molecule has 1 aliphatic rings. The Bertz CT molecular complexity index is 822. The molecule has 0 aliphatic heterocycles. The van der Waals surface area contributed by atoms with Crippen molar-refractivity contribution >= 4 is 5.97 Å². The topological polar surface area (TPSA) is 65.0 Å². The van der Waals surface area contributed by atoms with E-state index in [0.29, 0.717) is 17.4 Å². The van der Waals surface area contributed by atoms with Crippen LogP contribution in [0, 0.1) is 0 Å². The van der Waals surface area contributed by atoms with Gasteiger partial charge in [-0.05, 0) is 42.0 Å². The molecule has 1 saturated carbocycles. The number of esters is 1. The van der Waals surface area contributed by atoms with Gasteiger partial charge >= 0.3 is 5.97 Å². The number of aliphatic hydroxyl groups is 1. The highest BCUT2D eigenvalue weighted by Gasteiger charge is 2.16. The van der Waals surface area contributed by atoms with Crippen molar-refractivity contribution in [1.82, 2.24) is 0 Å². The number of hydrogen-bond acceptors (Lipinski definition) is 5. The molecule has 2 aromatic rings. The number of ether oxygens (including phenoxy) is 3. The first-order valence-electron chi connectivity index (χ1n) is 10.6. The van der Waals surface area contributed by atoms with E-state index in [1.807, 2.05) is 12.1 Å². The van der Waals surface area contributed by atoms with E-state index in [-0.39, 0.29) is 26.4 Å². The summed E-state index contributed by atoms with van der Waals surface area (Å²) >= 11 is 0. The Labute approximate surface area is 178 Å². The van der Waals surface area contributed by atoms with Gasteiger partial charge in [-0.2, -0.15) is 0 Å². The highest BCUT2D eigenvalue weighted by Crippen LogP contribution is 2.36. The molecule has 0 aromatic heterocycles. The molecule has 1 N–H and O–H groups in total. The van der Waals surface area contributed by atoms with Crippen molar-refractivity contribution in [2.24, 2.45) is 0 Å². The molecule has 1 fully saturated rings. The average molecular weight is 411 g/mol. The fourth-order valence-electron chi connectivity index (χ4n) is 3.84. The molecular weight excluding hydrogens is 380 g/mol. The molecule has 0 atom stereocenters. The second kappa shape index (κ2) is 11.4. The van der Waals surface area contributed by atoms with Gasteiger partial charge in [-0.3, -0.25) is 0 Å². The number of carbonyl (C=O) groups is 1. The molecule has 2 aromatic carbocycles. The molecule has 0 unspecified atom stereocenters. The maximum absolute atomic E-state index is 11.2. The van der Waals surface area contributed by atoms with Crippen molar-refractivity contribution < 1.29 is 24.1 Å². The fourth-order valence-corrected chi connectivity index (χ4v) is 3.84. The summed E-state index contributed by atoms with van der Waals surface area (Å²) in [6, 6.07) is 14.3. The Balaban J connectivity index is 1.75. The largest absolute Gasteiger partial charge is 0.491 e. The van der Waals surface area contributed by atoms with Crippen LogP contribution in [0.4, 0.5) is 0 Å². The van der Waals surface area contributed by atoms with Gasteiger partial charge in [0.25, 0.3) is 0 Å². The summed E-state index contributed by atoms with van der Waals surface area (Å²) in [7, 11) is 0. The predicted octanol–water partition coefficient (Wildman–Crippen LogP) is 4.88. The Kier molecular flexibility index (Phi) is 8.33. The molecule has 1 aliphatic carbocycles. The highest BCUT2D eigenvalue weighted by molar-refractivity contribution is 5.81. The lowest BCUT2D eigenvalue weighted by molar-refractivity contribution is -0.138. The van der Waals surface area contributed by atoms with E-state index < -0.39 is 5.97 Å². The quantitative estimate of drug-likeness (QED) is 0.344. The molecule has 0 amide bonds. The first kappa shape index (κ1) is 21.9. The first-order valence-corrected chi connectivity index (χ1v) is 10.6. The minimum absolute atomic E-state index is 0.0575. The minimum atomic E-state index is -0.475. The molecule has 5 heteroatoms. The summed E-state index contributed by atoms with van der Waals surface area (Å²) in [5, 5.41) is 9.00. The zero-order valence-electron chi connectivity index (χ0n) is 17.3. The minimum Gasteiger partial charge on any atom is -0.491 e. The summed E-state index contributed by atoms with van der Waals surface area (Å²) < 4.78 is 16.4. The lowest BCUT2D eigenvalue weighted by Crippen LogP contribution is -2.11. The van der Waals surface area contributed by atoms with Crippen molar-refractivity contribution in [1.29, 1.82) is 0 Å². The third-order valence-electron chi connectivity index (χ3n) is 5.36. The molecular formula is C25H30O5. The van der Waals surface area contributed by atoms with Crippen LogP contribution in [0.3, 0.4) is 0 Å². The van der Waals surface area contributed by atoms with E-state index in [9.17, 15) is 4.79 Å². The van der Waals surface area contributed by atoms with Crippen molar-refractivity contribution in [3.05, 3.63) is 60.7 Å². The highest BCUT2D eigenvalue weighted by atomic mass is 16.6. The third kappa shape index (κ3) is 6.10. The van der Waals surface area contributed by atoms with Gasteiger partial charge in [0.15, 0.2) is 0 Å². The zero-order chi connectivity index (χ0) is 21.2. The smallest absolute Gasteiger partial charge is 0.330 e. The SMILES string of the molecule is C=CC(=O)OCCOc1cc(OCCO)ccc1-c1ccc(C2CCCCC2)cc1. The lowest BCUT2D eigenvalue weighted by Gasteiger charge is -2.22. The summed E-state index contributed by atoms with van der Waals surface area (Å²) in [5.74, 6) is 1.45. The van der Waals surface area contributed by atoms with E-state index in [0.717, 1.165) is 17.2 Å². The van der Waals surface area contributed by atoms with E-state index >= 15 is 0 Å². The second-order valence-electron chi connectivity index (χ2n) is 7.41. The Morgan fingerprint density at radius 3 is 2.47 bits per heavy atom. The van der Waals surface area contributed by atoms with Crippen LogP contribution >= 0.6 is 0 Å². The van der Waals surface area contributed by atoms with Gasteiger partial charge in [-0.15, -0.1) is 0 Å². The molecule has 5 nitrogen and oxygen atoms in total. The Morgan fingerprint density at radius 2 is 1.77 bits per heavy atom. The van der Waals surface area contributed by atoms with E-state index in [1.165, 1.54) is 37.7 Å². The van der Waals surface area contributed by atoms with Gasteiger partial charge in [0.2, 0.25) is 0 Å². The van der Waals surface area contributed by atoms with E-state index in [1.54, 1.807) is 6.07 Å². The maximum atomic E-state index is 11.2. The van der Waals surface area contributed by atoms with E-state index in [2.05, 4.69) is 30.8 Å². The molecule has 0 spiro atoms. The monoisotopic (exact) mass is 410 g/mol. The number of rotatable bonds is 10. The Hall–Kier alpha value is -2.79. The van der Waals surface area contributed by atoms with Gasteiger partial charge in [0.1, 0.15) is 31.3 Å². The van der Waals surface area contributed by atoms with E-state index in [4.69, 9.17) is 19.3 Å². The summed E-state index contributed by atoms with van der Waals surface area (Å²) in [6.07, 6.45) is 7.65. The average Bonchev–Trinajstić information content (AvgIpc) is 2.81. The van der Waals surface area contributed by atoms with Crippen LogP contribution in [0.15, 0.2) is 55.1 Å². The molecule has 30 heavy (non-hydrogen) atoms. The summed E-state index contributed by atoms with van der Waals surface area (Å²) in [6.45, 7) is 3.89. The predicted molar refractivity (Wildman–Crippen MR) is 117 cm³/mol. The second-order valence-corrected chi connectivity index (χ2v) is 7.41. The van der Waals surface area contributed by atoms with Gasteiger partial charge in [0.05, 0.1) is 6.61 Å². The molecule has 0 bridgehead atoms. The molecule has 0 radical (unpaired) electrons. The number of hydrogen-bond donors (Lipinski definition) is 1. The lowest BCUT2D eigenvalue weighted by atomic mass is 9.83. The number of benzene rings is 2. The van der Waals surface area contributed by atoms with Gasteiger partial charge in [-0.25, -0.2) is 4.79 Å². The van der Waals surface area contributed by atoms with Gasteiger partial charge in [0, 0.05) is 17.7 Å². The first-order chi connectivity index (χ1) is 14.7. The molecule has 0 saturated heterocycles. The summed E-state index contributed by atoms with van der Waals surface area (Å²) in [4.78, 5) is 11.2. The van der Waals surface area contributed by atoms with Crippen LogP contribution in [-0.2, 0) is 9.53 Å². The van der Waals surface area contributed by atoms with Crippen LogP contribution < -0.4 is 9.47 Å². The van der Waals surface area contributed by atoms with Crippen molar-refractivity contribution in [3.63, 3.8) is 0 Å². The van der Waals surface area contributed by atoms with Crippen molar-refractivity contribution in [2.75, 3.05) is 26.4 Å². The van der Waals surface area contributed by atoms with Crippen LogP contribution in [0.5, 0.6) is 11.5 Å². The number of aliphatic hydroxyl groups excluding tert-OH is 1. The van der Waals surface area contributed by atoms with Gasteiger partial charge < -0.3 is 19.3 Å².